The van der Waals surface area contributed by atoms with Crippen LogP contribution in [0.15, 0.2) is 146 Å². The summed E-state index contributed by atoms with van der Waals surface area (Å²) in [5, 5.41) is 0. The highest BCUT2D eigenvalue weighted by atomic mass is 16.5. The van der Waals surface area contributed by atoms with Gasteiger partial charge in [-0.15, -0.1) is 0 Å². The standard InChI is InChI=1S/C50H48N2O8/c1-53-39-27-29-41(47(31-39)59-7)51(42-30-28-40(54-2)32-48(42)60-8)37-23-19-35(20-24-37)33-15-17-34(18-16-33)36-21-25-38(26-22-36)52(49-43(55-3)11-9-12-44(49)56-4)50-45(57-5)13-10-14-46(50)58-6/h9-32H,1-8H3. The molecule has 0 heterocycles. The van der Waals surface area contributed by atoms with Crippen LogP contribution in [-0.2, 0) is 0 Å². The SMILES string of the molecule is COc1ccc(N(c2ccc(-c3ccc(-c4ccc(N(c5c(OC)cccc5OC)c5c(OC)cccc5OC)cc4)cc3)cc2)c2ccc(OC)cc2OC)c(OC)c1. The van der Waals surface area contributed by atoms with Gasteiger partial charge in [-0.25, -0.2) is 0 Å². The molecule has 0 radical (unpaired) electrons. The van der Waals surface area contributed by atoms with E-state index in [0.29, 0.717) is 57.4 Å². The Kier molecular flexibility index (Phi) is 12.5. The molecule has 7 aromatic rings. The van der Waals surface area contributed by atoms with Gasteiger partial charge in [0.05, 0.1) is 68.3 Å². The van der Waals surface area contributed by atoms with Gasteiger partial charge in [-0.3, -0.25) is 4.90 Å². The lowest BCUT2D eigenvalue weighted by molar-refractivity contribution is 0.390. The van der Waals surface area contributed by atoms with E-state index < -0.39 is 0 Å². The zero-order chi connectivity index (χ0) is 42.2. The lowest BCUT2D eigenvalue weighted by Gasteiger charge is -2.30. The highest BCUT2D eigenvalue weighted by Crippen LogP contribution is 2.52. The molecule has 0 aromatic heterocycles. The first kappa shape index (κ1) is 40.7. The lowest BCUT2D eigenvalue weighted by atomic mass is 9.99. The van der Waals surface area contributed by atoms with Crippen molar-refractivity contribution in [1.82, 2.24) is 0 Å². The number of ether oxygens (including phenoxy) is 8. The molecule has 7 rings (SSSR count). The van der Waals surface area contributed by atoms with Gasteiger partial charge >= 0.3 is 0 Å². The van der Waals surface area contributed by atoms with Gasteiger partial charge in [-0.1, -0.05) is 60.7 Å². The highest BCUT2D eigenvalue weighted by Gasteiger charge is 2.27. The van der Waals surface area contributed by atoms with Gasteiger partial charge in [-0.05, 0) is 95.1 Å². The second-order valence-electron chi connectivity index (χ2n) is 13.4. The molecule has 0 aliphatic rings. The molecule has 60 heavy (non-hydrogen) atoms. The molecule has 7 aromatic carbocycles. The first-order chi connectivity index (χ1) is 29.4. The Morgan fingerprint density at radius 1 is 0.283 bits per heavy atom. The van der Waals surface area contributed by atoms with E-state index in [4.69, 9.17) is 37.9 Å². The number of hydrogen-bond donors (Lipinski definition) is 0. The van der Waals surface area contributed by atoms with Crippen molar-refractivity contribution in [1.29, 1.82) is 0 Å². The van der Waals surface area contributed by atoms with Crippen LogP contribution >= 0.6 is 0 Å². The zero-order valence-corrected chi connectivity index (χ0v) is 35.0. The predicted octanol–water partition coefficient (Wildman–Crippen LogP) is 12.0. The topological polar surface area (TPSA) is 80.3 Å². The molecule has 0 atom stereocenters. The number of benzene rings is 7. The molecule has 0 fully saturated rings. The number of hydrogen-bond acceptors (Lipinski definition) is 10. The van der Waals surface area contributed by atoms with Crippen LogP contribution in [0, 0.1) is 0 Å². The number of para-hydroxylation sites is 2. The Morgan fingerprint density at radius 2 is 0.583 bits per heavy atom. The van der Waals surface area contributed by atoms with Crippen LogP contribution in [0.4, 0.5) is 34.1 Å². The molecule has 0 amide bonds. The Morgan fingerprint density at radius 3 is 0.883 bits per heavy atom. The summed E-state index contributed by atoms with van der Waals surface area (Å²) in [7, 11) is 13.1. The first-order valence-corrected chi connectivity index (χ1v) is 19.2. The van der Waals surface area contributed by atoms with E-state index in [1.165, 1.54) is 0 Å². The van der Waals surface area contributed by atoms with Gasteiger partial charge in [-0.2, -0.15) is 0 Å². The Labute approximate surface area is 351 Å². The van der Waals surface area contributed by atoms with E-state index in [0.717, 1.165) is 45.0 Å². The largest absolute Gasteiger partial charge is 0.497 e. The van der Waals surface area contributed by atoms with Crippen molar-refractivity contribution in [2.75, 3.05) is 66.7 Å². The maximum absolute atomic E-state index is 5.87. The summed E-state index contributed by atoms with van der Waals surface area (Å²) in [4.78, 5) is 4.14. The van der Waals surface area contributed by atoms with Crippen molar-refractivity contribution >= 4 is 34.1 Å². The minimum Gasteiger partial charge on any atom is -0.497 e. The molecule has 0 aliphatic carbocycles. The normalized spacial score (nSPS) is 10.7. The van der Waals surface area contributed by atoms with Crippen LogP contribution in [0.3, 0.4) is 0 Å². The van der Waals surface area contributed by atoms with Gasteiger partial charge in [0.1, 0.15) is 57.4 Å². The van der Waals surface area contributed by atoms with E-state index in [-0.39, 0.29) is 0 Å². The molecular weight excluding hydrogens is 757 g/mol. The number of methoxy groups -OCH3 is 8. The molecule has 0 spiro atoms. The summed E-state index contributed by atoms with van der Waals surface area (Å²) < 4.78 is 46.2. The molecule has 0 N–H and O–H groups in total. The fourth-order valence-corrected chi connectivity index (χ4v) is 7.28. The summed E-state index contributed by atoms with van der Waals surface area (Å²) in [5.41, 5.74) is 9.09. The number of nitrogens with zero attached hydrogens (tertiary/aromatic N) is 2. The third-order valence-electron chi connectivity index (χ3n) is 10.3. The molecule has 306 valence electrons. The summed E-state index contributed by atoms with van der Waals surface area (Å²) in [6.45, 7) is 0. The lowest BCUT2D eigenvalue weighted by Crippen LogP contribution is -2.14. The van der Waals surface area contributed by atoms with Gasteiger partial charge in [0.15, 0.2) is 0 Å². The number of anilines is 6. The fraction of sp³-hybridized carbons (Fsp3) is 0.160. The second kappa shape index (κ2) is 18.4. The molecular formula is C50H48N2O8. The maximum atomic E-state index is 5.87. The third-order valence-corrected chi connectivity index (χ3v) is 10.3. The highest BCUT2D eigenvalue weighted by molar-refractivity contribution is 5.90. The molecule has 0 saturated heterocycles. The zero-order valence-electron chi connectivity index (χ0n) is 35.0. The summed E-state index contributed by atoms with van der Waals surface area (Å²) in [6, 6.07) is 48.2. The van der Waals surface area contributed by atoms with Gasteiger partial charge < -0.3 is 42.8 Å². The average molecular weight is 805 g/mol. The molecule has 0 bridgehead atoms. The molecule has 0 aliphatic heterocycles. The molecule has 10 heteroatoms. The Balaban J connectivity index is 1.21. The van der Waals surface area contributed by atoms with E-state index in [1.54, 1.807) is 56.9 Å². The van der Waals surface area contributed by atoms with Crippen molar-refractivity contribution in [3.05, 3.63) is 146 Å². The molecule has 10 nitrogen and oxygen atoms in total. The van der Waals surface area contributed by atoms with Crippen LogP contribution in [0.1, 0.15) is 0 Å². The average Bonchev–Trinajstić information content (AvgIpc) is 3.32. The fourth-order valence-electron chi connectivity index (χ4n) is 7.28. The van der Waals surface area contributed by atoms with Gasteiger partial charge in [0.25, 0.3) is 0 Å². The molecule has 0 unspecified atom stereocenters. The van der Waals surface area contributed by atoms with Gasteiger partial charge in [0.2, 0.25) is 0 Å². The van der Waals surface area contributed by atoms with Crippen LogP contribution in [0.5, 0.6) is 46.0 Å². The summed E-state index contributed by atoms with van der Waals surface area (Å²) in [5.74, 6) is 5.19. The van der Waals surface area contributed by atoms with E-state index in [1.807, 2.05) is 77.7 Å². The summed E-state index contributed by atoms with van der Waals surface area (Å²) >= 11 is 0. The van der Waals surface area contributed by atoms with Crippen molar-refractivity contribution in [2.24, 2.45) is 0 Å². The second-order valence-corrected chi connectivity index (χ2v) is 13.4. The predicted molar refractivity (Wildman–Crippen MR) is 239 cm³/mol. The third kappa shape index (κ3) is 8.00. The van der Waals surface area contributed by atoms with E-state index >= 15 is 0 Å². The van der Waals surface area contributed by atoms with E-state index in [2.05, 4.69) is 77.7 Å². The van der Waals surface area contributed by atoms with Gasteiger partial charge in [0, 0.05) is 23.5 Å². The van der Waals surface area contributed by atoms with Crippen LogP contribution < -0.4 is 47.7 Å². The van der Waals surface area contributed by atoms with Crippen molar-refractivity contribution in [3.63, 3.8) is 0 Å². The monoisotopic (exact) mass is 804 g/mol. The smallest absolute Gasteiger partial charge is 0.146 e. The van der Waals surface area contributed by atoms with Crippen molar-refractivity contribution < 1.29 is 37.9 Å². The first-order valence-electron chi connectivity index (χ1n) is 19.2. The van der Waals surface area contributed by atoms with Crippen molar-refractivity contribution in [3.8, 4) is 68.2 Å². The Hall–Kier alpha value is -7.46. The molecule has 0 saturated carbocycles. The van der Waals surface area contributed by atoms with Crippen LogP contribution in [-0.4, -0.2) is 56.9 Å². The van der Waals surface area contributed by atoms with Crippen molar-refractivity contribution in [2.45, 2.75) is 0 Å². The van der Waals surface area contributed by atoms with Crippen LogP contribution in [0.2, 0.25) is 0 Å². The minimum absolute atomic E-state index is 0.628. The Bertz CT molecular complexity index is 2380. The quantitative estimate of drug-likeness (QED) is 0.0942. The minimum atomic E-state index is 0.628. The summed E-state index contributed by atoms with van der Waals surface area (Å²) in [6.07, 6.45) is 0. The van der Waals surface area contributed by atoms with E-state index in [9.17, 15) is 0 Å². The maximum Gasteiger partial charge on any atom is 0.146 e. The van der Waals surface area contributed by atoms with Crippen LogP contribution in [0.25, 0.3) is 22.3 Å². The number of rotatable bonds is 16.